The average molecular weight is 232 g/mol. The first kappa shape index (κ1) is 12.1. The lowest BCUT2D eigenvalue weighted by Crippen LogP contribution is -2.41. The van der Waals surface area contributed by atoms with Gasteiger partial charge in [0, 0.05) is 18.7 Å². The summed E-state index contributed by atoms with van der Waals surface area (Å²) in [5.74, 6) is 0.847. The molecule has 1 saturated heterocycles. The summed E-state index contributed by atoms with van der Waals surface area (Å²) in [6.07, 6.45) is 2.47. The number of piperidine rings is 1. The number of carbonyl (C=O) groups is 1. The third-order valence-corrected chi connectivity index (χ3v) is 3.38. The van der Waals surface area contributed by atoms with Crippen LogP contribution in [-0.2, 0) is 0 Å². The Labute approximate surface area is 103 Å². The molecule has 1 aromatic carbocycles. The van der Waals surface area contributed by atoms with Crippen molar-refractivity contribution in [3.8, 4) is 0 Å². The van der Waals surface area contributed by atoms with Gasteiger partial charge in [0.05, 0.1) is 6.67 Å². The highest BCUT2D eigenvalue weighted by atomic mass is 16.1. The van der Waals surface area contributed by atoms with Gasteiger partial charge in [-0.3, -0.25) is 9.69 Å². The number of hydrogen-bond acceptors (Lipinski definition) is 2. The van der Waals surface area contributed by atoms with Crippen LogP contribution in [0, 0.1) is 5.92 Å². The first-order valence-corrected chi connectivity index (χ1v) is 6.31. The molecule has 1 aromatic rings. The minimum atomic E-state index is 0.0178. The third kappa shape index (κ3) is 3.56. The quantitative estimate of drug-likeness (QED) is 0.865. The van der Waals surface area contributed by atoms with Crippen LogP contribution in [0.25, 0.3) is 0 Å². The van der Waals surface area contributed by atoms with Gasteiger partial charge in [-0.1, -0.05) is 25.1 Å². The van der Waals surface area contributed by atoms with E-state index in [1.165, 1.54) is 12.8 Å². The van der Waals surface area contributed by atoms with Gasteiger partial charge in [-0.2, -0.15) is 0 Å². The number of carbonyl (C=O) groups excluding carboxylic acids is 1. The maximum atomic E-state index is 11.8. The number of rotatable bonds is 3. The van der Waals surface area contributed by atoms with E-state index < -0.39 is 0 Å². The predicted octanol–water partition coefficient (Wildman–Crippen LogP) is 2.11. The summed E-state index contributed by atoms with van der Waals surface area (Å²) in [4.78, 5) is 14.1. The lowest BCUT2D eigenvalue weighted by Gasteiger charge is -2.30. The minimum Gasteiger partial charge on any atom is -0.339 e. The van der Waals surface area contributed by atoms with Gasteiger partial charge in [-0.15, -0.1) is 0 Å². The van der Waals surface area contributed by atoms with E-state index in [1.54, 1.807) is 0 Å². The lowest BCUT2D eigenvalue weighted by molar-refractivity contribution is 0.0905. The molecule has 1 amide bonds. The number of benzene rings is 1. The van der Waals surface area contributed by atoms with E-state index in [0.717, 1.165) is 24.6 Å². The highest BCUT2D eigenvalue weighted by Crippen LogP contribution is 2.14. The van der Waals surface area contributed by atoms with Crippen molar-refractivity contribution in [3.63, 3.8) is 0 Å². The van der Waals surface area contributed by atoms with E-state index >= 15 is 0 Å². The second-order valence-electron chi connectivity index (χ2n) is 4.83. The fourth-order valence-electron chi connectivity index (χ4n) is 2.10. The Morgan fingerprint density at radius 1 is 1.29 bits per heavy atom. The van der Waals surface area contributed by atoms with Crippen LogP contribution >= 0.6 is 0 Å². The largest absolute Gasteiger partial charge is 0.339 e. The summed E-state index contributed by atoms with van der Waals surface area (Å²) in [7, 11) is 0. The van der Waals surface area contributed by atoms with Gasteiger partial charge >= 0.3 is 0 Å². The summed E-state index contributed by atoms with van der Waals surface area (Å²) in [5.41, 5.74) is 0.734. The van der Waals surface area contributed by atoms with Gasteiger partial charge in [0.1, 0.15) is 0 Å². The molecule has 3 heteroatoms. The second kappa shape index (κ2) is 5.82. The van der Waals surface area contributed by atoms with Crippen LogP contribution < -0.4 is 5.32 Å². The minimum absolute atomic E-state index is 0.0178. The maximum absolute atomic E-state index is 11.8. The topological polar surface area (TPSA) is 32.3 Å². The van der Waals surface area contributed by atoms with Crippen LogP contribution in [0.5, 0.6) is 0 Å². The van der Waals surface area contributed by atoms with E-state index in [9.17, 15) is 4.79 Å². The fraction of sp³-hybridized carbons (Fsp3) is 0.500. The Kier molecular flexibility index (Phi) is 4.15. The molecule has 1 heterocycles. The lowest BCUT2D eigenvalue weighted by atomic mass is 10.00. The zero-order valence-electron chi connectivity index (χ0n) is 10.4. The first-order chi connectivity index (χ1) is 8.25. The monoisotopic (exact) mass is 232 g/mol. The predicted molar refractivity (Wildman–Crippen MR) is 68.7 cm³/mol. The van der Waals surface area contributed by atoms with Crippen molar-refractivity contribution >= 4 is 5.91 Å². The van der Waals surface area contributed by atoms with Gasteiger partial charge < -0.3 is 5.32 Å². The van der Waals surface area contributed by atoms with Gasteiger partial charge in [0.15, 0.2) is 0 Å². The Bertz CT molecular complexity index is 356. The molecular formula is C14H20N2O. The van der Waals surface area contributed by atoms with Crippen molar-refractivity contribution < 1.29 is 4.79 Å². The molecule has 1 N–H and O–H groups in total. The van der Waals surface area contributed by atoms with Crippen LogP contribution in [0.1, 0.15) is 30.1 Å². The number of amides is 1. The van der Waals surface area contributed by atoms with Crippen LogP contribution in [0.2, 0.25) is 0 Å². The summed E-state index contributed by atoms with van der Waals surface area (Å²) in [6, 6.07) is 9.37. The molecule has 0 aliphatic carbocycles. The van der Waals surface area contributed by atoms with Crippen molar-refractivity contribution in [1.82, 2.24) is 10.2 Å². The van der Waals surface area contributed by atoms with Crippen LogP contribution in [0.4, 0.5) is 0 Å². The van der Waals surface area contributed by atoms with Crippen molar-refractivity contribution in [1.29, 1.82) is 0 Å². The highest BCUT2D eigenvalue weighted by Gasteiger charge is 2.15. The van der Waals surface area contributed by atoms with Crippen molar-refractivity contribution in [3.05, 3.63) is 35.9 Å². The Hall–Kier alpha value is -1.35. The molecule has 0 bridgehead atoms. The first-order valence-electron chi connectivity index (χ1n) is 6.31. The van der Waals surface area contributed by atoms with Crippen LogP contribution in [0.15, 0.2) is 30.3 Å². The molecular weight excluding hydrogens is 212 g/mol. The van der Waals surface area contributed by atoms with Crippen molar-refractivity contribution in [2.24, 2.45) is 5.92 Å². The van der Waals surface area contributed by atoms with Gasteiger partial charge in [-0.25, -0.2) is 0 Å². The number of nitrogens with one attached hydrogen (secondary N) is 1. The molecule has 1 aliphatic rings. The molecule has 2 rings (SSSR count). The summed E-state index contributed by atoms with van der Waals surface area (Å²) >= 11 is 0. The van der Waals surface area contributed by atoms with Crippen LogP contribution in [-0.4, -0.2) is 30.6 Å². The van der Waals surface area contributed by atoms with E-state index in [0.29, 0.717) is 6.67 Å². The van der Waals surface area contributed by atoms with Crippen LogP contribution in [0.3, 0.4) is 0 Å². The molecule has 1 aliphatic heterocycles. The fourth-order valence-corrected chi connectivity index (χ4v) is 2.10. The second-order valence-corrected chi connectivity index (χ2v) is 4.83. The third-order valence-electron chi connectivity index (χ3n) is 3.38. The van der Waals surface area contributed by atoms with E-state index in [4.69, 9.17) is 0 Å². The molecule has 0 atom stereocenters. The summed E-state index contributed by atoms with van der Waals surface area (Å²) in [6.45, 7) is 5.15. The highest BCUT2D eigenvalue weighted by molar-refractivity contribution is 5.94. The summed E-state index contributed by atoms with van der Waals surface area (Å²) < 4.78 is 0. The van der Waals surface area contributed by atoms with Gasteiger partial charge in [0.25, 0.3) is 5.91 Å². The van der Waals surface area contributed by atoms with E-state index in [-0.39, 0.29) is 5.91 Å². The number of nitrogens with zero attached hydrogens (tertiary/aromatic N) is 1. The maximum Gasteiger partial charge on any atom is 0.252 e. The standard InChI is InChI=1S/C14H20N2O/c1-12-7-9-16(10-8-12)11-15-14(17)13-5-3-2-4-6-13/h2-6,12H,7-11H2,1H3,(H,15,17). The molecule has 0 unspecified atom stereocenters. The zero-order chi connectivity index (χ0) is 12.1. The van der Waals surface area contributed by atoms with Gasteiger partial charge in [-0.05, 0) is 30.9 Å². The van der Waals surface area contributed by atoms with E-state index in [1.807, 2.05) is 30.3 Å². The SMILES string of the molecule is CC1CCN(CNC(=O)c2ccccc2)CC1. The zero-order valence-corrected chi connectivity index (χ0v) is 10.4. The molecule has 17 heavy (non-hydrogen) atoms. The molecule has 92 valence electrons. The Morgan fingerprint density at radius 2 is 1.94 bits per heavy atom. The van der Waals surface area contributed by atoms with E-state index in [2.05, 4.69) is 17.1 Å². The smallest absolute Gasteiger partial charge is 0.252 e. The molecule has 3 nitrogen and oxygen atoms in total. The number of likely N-dealkylation sites (tertiary alicyclic amines) is 1. The summed E-state index contributed by atoms with van der Waals surface area (Å²) in [5, 5.41) is 2.97. The molecule has 0 spiro atoms. The molecule has 0 aromatic heterocycles. The normalized spacial score (nSPS) is 17.9. The average Bonchev–Trinajstić information content (AvgIpc) is 2.39. The van der Waals surface area contributed by atoms with Crippen molar-refractivity contribution in [2.45, 2.75) is 19.8 Å². The molecule has 0 saturated carbocycles. The Morgan fingerprint density at radius 3 is 2.59 bits per heavy atom. The number of hydrogen-bond donors (Lipinski definition) is 1. The molecule has 0 radical (unpaired) electrons. The van der Waals surface area contributed by atoms with Gasteiger partial charge in [0.2, 0.25) is 0 Å². The Balaban J connectivity index is 1.77. The molecule has 1 fully saturated rings. The van der Waals surface area contributed by atoms with Crippen molar-refractivity contribution in [2.75, 3.05) is 19.8 Å².